The average molecular weight is 269 g/mol. The molecule has 0 amide bonds. The Morgan fingerprint density at radius 3 is 2.95 bits per heavy atom. The van der Waals surface area contributed by atoms with Gasteiger partial charge in [-0.25, -0.2) is 4.79 Å². The van der Waals surface area contributed by atoms with Gasteiger partial charge in [-0.3, -0.25) is 9.55 Å². The average Bonchev–Trinajstić information content (AvgIpc) is 2.80. The minimum atomic E-state index is -0.0763. The number of para-hydroxylation sites is 2. The number of ether oxygens (including phenoxy) is 1. The highest BCUT2D eigenvalue weighted by Gasteiger charge is 2.05. The van der Waals surface area contributed by atoms with Crippen LogP contribution < -0.4 is 10.4 Å². The number of aromatic nitrogens is 3. The predicted octanol–water partition coefficient (Wildman–Crippen LogP) is 2.19. The molecule has 0 spiro atoms. The monoisotopic (exact) mass is 269 g/mol. The number of fused-ring (bicyclic) bond motifs is 1. The van der Waals surface area contributed by atoms with Crippen LogP contribution in [0.1, 0.15) is 6.42 Å². The van der Waals surface area contributed by atoms with Crippen molar-refractivity contribution in [2.45, 2.75) is 13.0 Å². The molecule has 0 saturated heterocycles. The molecule has 3 aromatic rings. The first-order valence-electron chi connectivity index (χ1n) is 6.55. The fraction of sp³-hybridized carbons (Fsp3) is 0.200. The van der Waals surface area contributed by atoms with Crippen molar-refractivity contribution < 1.29 is 4.74 Å². The van der Waals surface area contributed by atoms with Crippen molar-refractivity contribution >= 4 is 11.0 Å². The van der Waals surface area contributed by atoms with Crippen molar-refractivity contribution in [2.75, 3.05) is 6.61 Å². The zero-order valence-electron chi connectivity index (χ0n) is 11.0. The number of hydrogen-bond acceptors (Lipinski definition) is 3. The summed E-state index contributed by atoms with van der Waals surface area (Å²) in [5, 5.41) is 0. The van der Waals surface area contributed by atoms with Crippen LogP contribution in [-0.4, -0.2) is 21.1 Å². The van der Waals surface area contributed by atoms with Crippen LogP contribution in [0, 0.1) is 0 Å². The van der Waals surface area contributed by atoms with E-state index in [0.29, 0.717) is 13.2 Å². The third-order valence-electron chi connectivity index (χ3n) is 3.11. The molecule has 0 atom stereocenters. The number of aromatic amines is 1. The maximum atomic E-state index is 11.9. The Hall–Kier alpha value is -2.56. The molecule has 0 bridgehead atoms. The molecule has 102 valence electrons. The SMILES string of the molecule is O=c1[nH]c2ccccc2n1CCCOc1cccnc1. The standard InChI is InChI=1S/C15H15N3O2/c19-15-17-13-6-1-2-7-14(13)18(15)9-4-10-20-12-5-3-8-16-11-12/h1-3,5-8,11H,4,9-10H2,(H,17,19). The van der Waals surface area contributed by atoms with Gasteiger partial charge < -0.3 is 9.72 Å². The molecule has 2 aromatic heterocycles. The summed E-state index contributed by atoms with van der Waals surface area (Å²) in [6.45, 7) is 1.18. The van der Waals surface area contributed by atoms with Crippen molar-refractivity contribution in [1.29, 1.82) is 0 Å². The lowest BCUT2D eigenvalue weighted by atomic mass is 10.3. The van der Waals surface area contributed by atoms with E-state index in [1.807, 2.05) is 36.4 Å². The first-order chi connectivity index (χ1) is 9.84. The molecule has 0 aliphatic heterocycles. The first kappa shape index (κ1) is 12.5. The highest BCUT2D eigenvalue weighted by molar-refractivity contribution is 5.74. The molecule has 0 saturated carbocycles. The number of benzene rings is 1. The van der Waals surface area contributed by atoms with Gasteiger partial charge in [-0.15, -0.1) is 0 Å². The van der Waals surface area contributed by atoms with Crippen LogP contribution in [0.5, 0.6) is 5.75 Å². The Bertz CT molecular complexity index is 746. The van der Waals surface area contributed by atoms with Crippen molar-refractivity contribution in [2.24, 2.45) is 0 Å². The van der Waals surface area contributed by atoms with Gasteiger partial charge in [-0.1, -0.05) is 12.1 Å². The summed E-state index contributed by atoms with van der Waals surface area (Å²) < 4.78 is 7.31. The molecule has 1 N–H and O–H groups in total. The second-order valence-corrected chi connectivity index (χ2v) is 4.49. The lowest BCUT2D eigenvalue weighted by molar-refractivity contribution is 0.301. The van der Waals surface area contributed by atoms with Crippen LogP contribution in [0.25, 0.3) is 11.0 Å². The van der Waals surface area contributed by atoms with Gasteiger partial charge in [0.1, 0.15) is 5.75 Å². The fourth-order valence-corrected chi connectivity index (χ4v) is 2.17. The molecular formula is C15H15N3O2. The minimum absolute atomic E-state index is 0.0763. The van der Waals surface area contributed by atoms with Gasteiger partial charge in [0, 0.05) is 12.7 Å². The van der Waals surface area contributed by atoms with Crippen LogP contribution in [0.3, 0.4) is 0 Å². The number of H-pyrrole nitrogens is 1. The quantitative estimate of drug-likeness (QED) is 0.722. The second kappa shape index (κ2) is 5.61. The first-order valence-corrected chi connectivity index (χ1v) is 6.55. The van der Waals surface area contributed by atoms with Gasteiger partial charge in [0.2, 0.25) is 0 Å². The number of pyridine rings is 1. The Balaban J connectivity index is 1.63. The van der Waals surface area contributed by atoms with Gasteiger partial charge >= 0.3 is 5.69 Å². The molecule has 0 fully saturated rings. The van der Waals surface area contributed by atoms with E-state index in [0.717, 1.165) is 23.2 Å². The molecule has 0 radical (unpaired) electrons. The molecule has 0 unspecified atom stereocenters. The lowest BCUT2D eigenvalue weighted by Crippen LogP contribution is -2.18. The molecule has 2 heterocycles. The number of imidazole rings is 1. The maximum absolute atomic E-state index is 11.9. The van der Waals surface area contributed by atoms with Gasteiger partial charge in [-0.05, 0) is 30.7 Å². The number of nitrogens with zero attached hydrogens (tertiary/aromatic N) is 2. The predicted molar refractivity (Wildman–Crippen MR) is 76.9 cm³/mol. The number of hydrogen-bond donors (Lipinski definition) is 1. The summed E-state index contributed by atoms with van der Waals surface area (Å²) >= 11 is 0. The zero-order chi connectivity index (χ0) is 13.8. The van der Waals surface area contributed by atoms with E-state index >= 15 is 0 Å². The number of nitrogens with one attached hydrogen (secondary N) is 1. The molecule has 0 aliphatic carbocycles. The minimum Gasteiger partial charge on any atom is -0.492 e. The molecular weight excluding hydrogens is 254 g/mol. The third kappa shape index (κ3) is 2.56. The summed E-state index contributed by atoms with van der Waals surface area (Å²) in [7, 11) is 0. The summed E-state index contributed by atoms with van der Waals surface area (Å²) in [5.41, 5.74) is 1.72. The van der Waals surface area contributed by atoms with Crippen LogP contribution in [-0.2, 0) is 6.54 Å². The van der Waals surface area contributed by atoms with E-state index in [1.54, 1.807) is 17.0 Å². The lowest BCUT2D eigenvalue weighted by Gasteiger charge is -2.06. The second-order valence-electron chi connectivity index (χ2n) is 4.49. The largest absolute Gasteiger partial charge is 0.492 e. The Kier molecular flexibility index (Phi) is 3.50. The van der Waals surface area contributed by atoms with Crippen molar-refractivity contribution in [1.82, 2.24) is 14.5 Å². The highest BCUT2D eigenvalue weighted by atomic mass is 16.5. The Morgan fingerprint density at radius 2 is 2.10 bits per heavy atom. The van der Waals surface area contributed by atoms with E-state index in [-0.39, 0.29) is 5.69 Å². The highest BCUT2D eigenvalue weighted by Crippen LogP contribution is 2.10. The van der Waals surface area contributed by atoms with E-state index in [1.165, 1.54) is 0 Å². The summed E-state index contributed by atoms with van der Waals surface area (Å²) in [5.74, 6) is 0.749. The van der Waals surface area contributed by atoms with Gasteiger partial charge in [0.25, 0.3) is 0 Å². The van der Waals surface area contributed by atoms with Crippen LogP contribution in [0.4, 0.5) is 0 Å². The molecule has 1 aromatic carbocycles. The normalized spacial score (nSPS) is 10.8. The third-order valence-corrected chi connectivity index (χ3v) is 3.11. The topological polar surface area (TPSA) is 59.9 Å². The Labute approximate surface area is 115 Å². The molecule has 3 rings (SSSR count). The molecule has 5 nitrogen and oxygen atoms in total. The van der Waals surface area contributed by atoms with Crippen molar-refractivity contribution in [3.8, 4) is 5.75 Å². The van der Waals surface area contributed by atoms with Crippen molar-refractivity contribution in [3.05, 3.63) is 59.3 Å². The fourth-order valence-electron chi connectivity index (χ4n) is 2.17. The smallest absolute Gasteiger partial charge is 0.326 e. The molecule has 5 heteroatoms. The van der Waals surface area contributed by atoms with Crippen LogP contribution >= 0.6 is 0 Å². The summed E-state index contributed by atoms with van der Waals surface area (Å²) in [4.78, 5) is 18.7. The number of aryl methyl sites for hydroxylation is 1. The van der Waals surface area contributed by atoms with Crippen LogP contribution in [0.15, 0.2) is 53.6 Å². The number of rotatable bonds is 5. The summed E-state index contributed by atoms with van der Waals surface area (Å²) in [6.07, 6.45) is 4.15. The molecule has 20 heavy (non-hydrogen) atoms. The van der Waals surface area contributed by atoms with E-state index in [4.69, 9.17) is 4.74 Å². The Morgan fingerprint density at radius 1 is 1.20 bits per heavy atom. The van der Waals surface area contributed by atoms with E-state index in [2.05, 4.69) is 9.97 Å². The van der Waals surface area contributed by atoms with Gasteiger partial charge in [0.05, 0.1) is 23.8 Å². The van der Waals surface area contributed by atoms with Crippen molar-refractivity contribution in [3.63, 3.8) is 0 Å². The van der Waals surface area contributed by atoms with Gasteiger partial charge in [0.15, 0.2) is 0 Å². The summed E-state index contributed by atoms with van der Waals surface area (Å²) in [6, 6.07) is 11.4. The van der Waals surface area contributed by atoms with E-state index in [9.17, 15) is 4.79 Å². The maximum Gasteiger partial charge on any atom is 0.326 e. The van der Waals surface area contributed by atoms with Crippen LogP contribution in [0.2, 0.25) is 0 Å². The zero-order valence-corrected chi connectivity index (χ0v) is 11.0. The molecule has 0 aliphatic rings. The van der Waals surface area contributed by atoms with Gasteiger partial charge in [-0.2, -0.15) is 0 Å². The van der Waals surface area contributed by atoms with E-state index < -0.39 is 0 Å².